The lowest BCUT2D eigenvalue weighted by Gasteiger charge is -2.31. The minimum atomic E-state index is -0.821. The van der Waals surface area contributed by atoms with E-state index in [4.69, 9.17) is 0 Å². The van der Waals surface area contributed by atoms with Crippen LogP contribution in [0.25, 0.3) is 0 Å². The minimum absolute atomic E-state index is 0.249. The summed E-state index contributed by atoms with van der Waals surface area (Å²) in [5.41, 5.74) is 0.191. The van der Waals surface area contributed by atoms with Crippen LogP contribution in [0.3, 0.4) is 0 Å². The summed E-state index contributed by atoms with van der Waals surface area (Å²) < 4.78 is 1.81. The highest BCUT2D eigenvalue weighted by Gasteiger charge is 2.53. The molecule has 1 atom stereocenters. The fraction of sp³-hybridized carbons (Fsp3) is 0.692. The second-order valence-electron chi connectivity index (χ2n) is 5.60. The molecule has 0 aliphatic heterocycles. The van der Waals surface area contributed by atoms with Gasteiger partial charge < -0.3 is 5.11 Å². The van der Waals surface area contributed by atoms with E-state index in [2.05, 4.69) is 10.4 Å². The lowest BCUT2D eigenvalue weighted by atomic mass is 9.92. The minimum Gasteiger partial charge on any atom is -0.480 e. The van der Waals surface area contributed by atoms with Gasteiger partial charge in [-0.15, -0.1) is 0 Å². The lowest BCUT2D eigenvalue weighted by molar-refractivity contribution is -0.147. The van der Waals surface area contributed by atoms with Crippen molar-refractivity contribution < 1.29 is 9.90 Å². The molecule has 0 aromatic carbocycles. The van der Waals surface area contributed by atoms with Gasteiger partial charge in [0.05, 0.1) is 6.54 Å². The number of aromatic nitrogens is 2. The van der Waals surface area contributed by atoms with E-state index in [0.29, 0.717) is 12.6 Å². The molecule has 0 bridgehead atoms. The van der Waals surface area contributed by atoms with Gasteiger partial charge >= 0.3 is 5.97 Å². The SMILES string of the molecule is Cc1ccnn1CC(NC1CC1)(C(=O)O)C1CC1. The first-order chi connectivity index (χ1) is 8.62. The second kappa shape index (κ2) is 4.09. The largest absolute Gasteiger partial charge is 0.480 e. The number of nitrogens with one attached hydrogen (secondary N) is 1. The van der Waals surface area contributed by atoms with Crippen molar-refractivity contribution in [2.24, 2.45) is 5.92 Å². The van der Waals surface area contributed by atoms with E-state index in [1.165, 1.54) is 0 Å². The maximum atomic E-state index is 11.8. The van der Waals surface area contributed by atoms with Crippen LogP contribution in [0, 0.1) is 12.8 Å². The van der Waals surface area contributed by atoms with Gasteiger partial charge in [-0.25, -0.2) is 0 Å². The molecular formula is C13H19N3O2. The standard InChI is InChI=1S/C13H19N3O2/c1-9-6-7-14-16(9)8-13(12(17)18,10-2-3-10)15-11-4-5-11/h6-7,10-11,15H,2-5,8H2,1H3,(H,17,18). The van der Waals surface area contributed by atoms with Crippen molar-refractivity contribution in [2.75, 3.05) is 0 Å². The molecule has 2 saturated carbocycles. The number of carboxylic acid groups (broad SMARTS) is 1. The zero-order valence-electron chi connectivity index (χ0n) is 10.6. The van der Waals surface area contributed by atoms with Crippen LogP contribution in [0.2, 0.25) is 0 Å². The predicted octanol–water partition coefficient (Wildman–Crippen LogP) is 1.18. The molecule has 3 rings (SSSR count). The van der Waals surface area contributed by atoms with E-state index in [0.717, 1.165) is 31.4 Å². The average molecular weight is 249 g/mol. The number of carbonyl (C=O) groups is 1. The third kappa shape index (κ3) is 2.03. The summed E-state index contributed by atoms with van der Waals surface area (Å²) in [6.45, 7) is 2.39. The first kappa shape index (κ1) is 11.7. The molecule has 5 heteroatoms. The van der Waals surface area contributed by atoms with Crippen LogP contribution in [0.15, 0.2) is 12.3 Å². The van der Waals surface area contributed by atoms with Crippen molar-refractivity contribution in [1.82, 2.24) is 15.1 Å². The summed E-state index contributed by atoms with van der Waals surface area (Å²) in [4.78, 5) is 11.8. The monoisotopic (exact) mass is 249 g/mol. The molecule has 2 aliphatic rings. The molecule has 98 valence electrons. The molecule has 0 spiro atoms. The topological polar surface area (TPSA) is 67.2 Å². The number of aryl methyl sites for hydroxylation is 1. The Balaban J connectivity index is 1.87. The molecule has 2 N–H and O–H groups in total. The van der Waals surface area contributed by atoms with Crippen LogP contribution in [0.5, 0.6) is 0 Å². The third-order valence-corrected chi connectivity index (χ3v) is 4.02. The number of nitrogens with zero attached hydrogens (tertiary/aromatic N) is 2. The average Bonchev–Trinajstić information content (AvgIpc) is 3.21. The Kier molecular flexibility index (Phi) is 2.66. The first-order valence-corrected chi connectivity index (χ1v) is 6.61. The Labute approximate surface area is 106 Å². The summed E-state index contributed by atoms with van der Waals surface area (Å²) in [6.07, 6.45) is 5.93. The number of hydrogen-bond acceptors (Lipinski definition) is 3. The van der Waals surface area contributed by atoms with Gasteiger partial charge in [0.15, 0.2) is 0 Å². The van der Waals surface area contributed by atoms with Crippen molar-refractivity contribution in [3.05, 3.63) is 18.0 Å². The maximum absolute atomic E-state index is 11.8. The Morgan fingerprint density at radius 3 is 2.72 bits per heavy atom. The second-order valence-corrected chi connectivity index (χ2v) is 5.60. The van der Waals surface area contributed by atoms with E-state index in [1.807, 2.05) is 17.7 Å². The van der Waals surface area contributed by atoms with Crippen LogP contribution < -0.4 is 5.32 Å². The smallest absolute Gasteiger partial charge is 0.326 e. The summed E-state index contributed by atoms with van der Waals surface area (Å²) in [5.74, 6) is -0.481. The molecule has 1 aromatic heterocycles. The highest BCUT2D eigenvalue weighted by Crippen LogP contribution is 2.42. The normalized spacial score (nSPS) is 22.7. The lowest BCUT2D eigenvalue weighted by Crippen LogP contribution is -2.58. The summed E-state index contributed by atoms with van der Waals surface area (Å²) in [5, 5.41) is 17.3. The molecular weight excluding hydrogens is 230 g/mol. The first-order valence-electron chi connectivity index (χ1n) is 6.61. The molecule has 0 radical (unpaired) electrons. The number of rotatable bonds is 6. The quantitative estimate of drug-likeness (QED) is 0.794. The van der Waals surface area contributed by atoms with Crippen LogP contribution in [0.4, 0.5) is 0 Å². The number of aliphatic carboxylic acids is 1. The van der Waals surface area contributed by atoms with E-state index < -0.39 is 11.5 Å². The van der Waals surface area contributed by atoms with Crippen LogP contribution in [-0.4, -0.2) is 32.4 Å². The molecule has 1 unspecified atom stereocenters. The van der Waals surface area contributed by atoms with Gasteiger partial charge in [0.1, 0.15) is 5.54 Å². The number of carboxylic acids is 1. The van der Waals surface area contributed by atoms with Crippen molar-refractivity contribution in [3.8, 4) is 0 Å². The molecule has 2 fully saturated rings. The fourth-order valence-corrected chi connectivity index (χ4v) is 2.57. The van der Waals surface area contributed by atoms with Crippen molar-refractivity contribution >= 4 is 5.97 Å². The van der Waals surface area contributed by atoms with Crippen molar-refractivity contribution in [1.29, 1.82) is 0 Å². The van der Waals surface area contributed by atoms with Gasteiger partial charge in [-0.05, 0) is 44.6 Å². The molecule has 5 nitrogen and oxygen atoms in total. The Morgan fingerprint density at radius 2 is 2.28 bits per heavy atom. The van der Waals surface area contributed by atoms with Crippen LogP contribution >= 0.6 is 0 Å². The molecule has 0 amide bonds. The predicted molar refractivity (Wildman–Crippen MR) is 66.2 cm³/mol. The zero-order valence-corrected chi connectivity index (χ0v) is 10.6. The zero-order chi connectivity index (χ0) is 12.8. The van der Waals surface area contributed by atoms with Gasteiger partial charge in [0.2, 0.25) is 0 Å². The summed E-state index contributed by atoms with van der Waals surface area (Å²) >= 11 is 0. The van der Waals surface area contributed by atoms with Gasteiger partial charge in [0.25, 0.3) is 0 Å². The van der Waals surface area contributed by atoms with Gasteiger partial charge in [-0.1, -0.05) is 0 Å². The fourth-order valence-electron chi connectivity index (χ4n) is 2.57. The van der Waals surface area contributed by atoms with Crippen LogP contribution in [-0.2, 0) is 11.3 Å². The third-order valence-electron chi connectivity index (χ3n) is 4.02. The summed E-state index contributed by atoms with van der Waals surface area (Å²) in [7, 11) is 0. The highest BCUT2D eigenvalue weighted by atomic mass is 16.4. The van der Waals surface area contributed by atoms with Gasteiger partial charge in [-0.3, -0.25) is 14.8 Å². The van der Waals surface area contributed by atoms with E-state index in [-0.39, 0.29) is 5.92 Å². The van der Waals surface area contributed by atoms with Gasteiger partial charge in [-0.2, -0.15) is 5.10 Å². The van der Waals surface area contributed by atoms with Crippen LogP contribution in [0.1, 0.15) is 31.4 Å². The summed E-state index contributed by atoms with van der Waals surface area (Å²) in [6, 6.07) is 2.30. The molecule has 0 saturated heterocycles. The van der Waals surface area contributed by atoms with Crippen molar-refractivity contribution in [2.45, 2.75) is 50.7 Å². The van der Waals surface area contributed by atoms with E-state index in [9.17, 15) is 9.90 Å². The highest BCUT2D eigenvalue weighted by molar-refractivity contribution is 5.80. The molecule has 1 aromatic rings. The van der Waals surface area contributed by atoms with Gasteiger partial charge in [0, 0.05) is 17.9 Å². The molecule has 1 heterocycles. The number of hydrogen-bond donors (Lipinski definition) is 2. The Hall–Kier alpha value is -1.36. The Morgan fingerprint density at radius 1 is 1.56 bits per heavy atom. The molecule has 18 heavy (non-hydrogen) atoms. The Bertz CT molecular complexity index is 463. The maximum Gasteiger partial charge on any atom is 0.326 e. The van der Waals surface area contributed by atoms with E-state index >= 15 is 0 Å². The van der Waals surface area contributed by atoms with Crippen molar-refractivity contribution in [3.63, 3.8) is 0 Å². The van der Waals surface area contributed by atoms with E-state index in [1.54, 1.807) is 6.20 Å². The molecule has 2 aliphatic carbocycles.